The van der Waals surface area contributed by atoms with E-state index >= 15 is 0 Å². The minimum absolute atomic E-state index is 0.0190. The molecule has 1 aliphatic rings. The standard InChI is InChI=1S/C15H10ClF3N2O4/c1-5-10(20)8(16)12(14(22)23-2)21-11(5)6-3-4-7-13(9(6)17)25-15(18,19)24-7/h3-4H,1-2H3,(H2,20,21). The maximum atomic E-state index is 14.7. The lowest BCUT2D eigenvalue weighted by Gasteiger charge is -2.13. The third-order valence-electron chi connectivity index (χ3n) is 3.57. The zero-order valence-corrected chi connectivity index (χ0v) is 13.6. The monoisotopic (exact) mass is 374 g/mol. The number of nitrogens with two attached hydrogens (primary N) is 1. The molecule has 1 aromatic carbocycles. The number of anilines is 1. The lowest BCUT2D eigenvalue weighted by atomic mass is 10.0. The summed E-state index contributed by atoms with van der Waals surface area (Å²) >= 11 is 5.98. The van der Waals surface area contributed by atoms with Crippen molar-refractivity contribution in [1.29, 1.82) is 0 Å². The molecule has 25 heavy (non-hydrogen) atoms. The van der Waals surface area contributed by atoms with E-state index in [4.69, 9.17) is 17.3 Å². The summed E-state index contributed by atoms with van der Waals surface area (Å²) < 4.78 is 53.8. The van der Waals surface area contributed by atoms with Crippen molar-refractivity contribution in [3.8, 4) is 22.8 Å². The Bertz CT molecular complexity index is 905. The number of hydrogen-bond donors (Lipinski definition) is 1. The molecular formula is C15H10ClF3N2O4. The zero-order valence-electron chi connectivity index (χ0n) is 12.8. The van der Waals surface area contributed by atoms with Crippen molar-refractivity contribution < 1.29 is 32.2 Å². The molecular weight excluding hydrogens is 365 g/mol. The van der Waals surface area contributed by atoms with Gasteiger partial charge in [0.1, 0.15) is 0 Å². The first-order chi connectivity index (χ1) is 11.7. The number of carbonyl (C=O) groups excluding carboxylic acids is 1. The van der Waals surface area contributed by atoms with Crippen LogP contribution in [0.1, 0.15) is 16.1 Å². The normalized spacial score (nSPS) is 14.5. The Kier molecular flexibility index (Phi) is 3.91. The molecule has 3 rings (SSSR count). The number of alkyl halides is 2. The summed E-state index contributed by atoms with van der Waals surface area (Å²) in [5.74, 6) is -3.25. The Labute approximate surface area is 144 Å². The van der Waals surface area contributed by atoms with Gasteiger partial charge in [-0.05, 0) is 24.6 Å². The van der Waals surface area contributed by atoms with Crippen molar-refractivity contribution in [2.45, 2.75) is 13.2 Å². The molecule has 0 saturated heterocycles. The van der Waals surface area contributed by atoms with Gasteiger partial charge in [-0.2, -0.15) is 0 Å². The van der Waals surface area contributed by atoms with Crippen LogP contribution in [-0.2, 0) is 4.74 Å². The molecule has 2 N–H and O–H groups in total. The summed E-state index contributed by atoms with van der Waals surface area (Å²) in [4.78, 5) is 15.8. The lowest BCUT2D eigenvalue weighted by Crippen LogP contribution is -2.26. The van der Waals surface area contributed by atoms with Gasteiger partial charge in [0.15, 0.2) is 17.3 Å². The largest absolute Gasteiger partial charge is 0.586 e. The minimum atomic E-state index is -3.97. The van der Waals surface area contributed by atoms with Gasteiger partial charge in [-0.25, -0.2) is 14.2 Å². The van der Waals surface area contributed by atoms with Crippen molar-refractivity contribution in [1.82, 2.24) is 4.98 Å². The van der Waals surface area contributed by atoms with Crippen LogP contribution < -0.4 is 15.2 Å². The molecule has 2 heterocycles. The highest BCUT2D eigenvalue weighted by atomic mass is 35.5. The molecule has 0 atom stereocenters. The number of nitrogens with zero attached hydrogens (tertiary/aromatic N) is 1. The Hall–Kier alpha value is -2.68. The van der Waals surface area contributed by atoms with Crippen molar-refractivity contribution in [2.75, 3.05) is 12.8 Å². The number of benzene rings is 1. The third kappa shape index (κ3) is 2.70. The number of esters is 1. The molecule has 2 aromatic rings. The molecule has 0 saturated carbocycles. The first-order valence-electron chi connectivity index (χ1n) is 6.79. The van der Waals surface area contributed by atoms with Crippen LogP contribution in [0.2, 0.25) is 5.02 Å². The molecule has 0 aliphatic carbocycles. The van der Waals surface area contributed by atoms with E-state index in [9.17, 15) is 18.0 Å². The number of rotatable bonds is 2. The second-order valence-corrected chi connectivity index (χ2v) is 5.45. The molecule has 0 unspecified atom stereocenters. The number of nitrogen functional groups attached to an aromatic ring is 1. The summed E-state index contributed by atoms with van der Waals surface area (Å²) in [6.07, 6.45) is -3.97. The summed E-state index contributed by atoms with van der Waals surface area (Å²) in [5.41, 5.74) is 5.46. The van der Waals surface area contributed by atoms with E-state index in [-0.39, 0.29) is 33.2 Å². The molecule has 10 heteroatoms. The average Bonchev–Trinajstić information content (AvgIpc) is 2.88. The van der Waals surface area contributed by atoms with Gasteiger partial charge < -0.3 is 19.9 Å². The van der Waals surface area contributed by atoms with Crippen LogP contribution >= 0.6 is 11.6 Å². The van der Waals surface area contributed by atoms with Gasteiger partial charge in [-0.3, -0.25) is 0 Å². The topological polar surface area (TPSA) is 83.7 Å². The van der Waals surface area contributed by atoms with E-state index in [1.54, 1.807) is 0 Å². The number of ether oxygens (including phenoxy) is 3. The Balaban J connectivity index is 2.22. The average molecular weight is 375 g/mol. The van der Waals surface area contributed by atoms with E-state index in [1.807, 2.05) is 0 Å². The van der Waals surface area contributed by atoms with Gasteiger partial charge in [0.25, 0.3) is 0 Å². The highest BCUT2D eigenvalue weighted by molar-refractivity contribution is 6.36. The lowest BCUT2D eigenvalue weighted by molar-refractivity contribution is -0.287. The SMILES string of the molecule is COC(=O)c1nc(-c2ccc3c(c2F)OC(F)(F)O3)c(C)c(N)c1Cl. The summed E-state index contributed by atoms with van der Waals surface area (Å²) in [6.45, 7) is 1.49. The fraction of sp³-hybridized carbons (Fsp3) is 0.200. The van der Waals surface area contributed by atoms with E-state index in [2.05, 4.69) is 19.2 Å². The second-order valence-electron chi connectivity index (χ2n) is 5.08. The molecule has 0 fully saturated rings. The highest BCUT2D eigenvalue weighted by Crippen LogP contribution is 2.46. The van der Waals surface area contributed by atoms with Crippen molar-refractivity contribution in [3.05, 3.63) is 34.2 Å². The summed E-state index contributed by atoms with van der Waals surface area (Å²) in [5, 5.41) is -0.152. The van der Waals surface area contributed by atoms with Gasteiger partial charge in [-0.1, -0.05) is 11.6 Å². The van der Waals surface area contributed by atoms with Gasteiger partial charge in [0, 0.05) is 5.56 Å². The number of fused-ring (bicyclic) bond motifs is 1. The molecule has 0 radical (unpaired) electrons. The number of carbonyl (C=O) groups is 1. The molecule has 132 valence electrons. The maximum absolute atomic E-state index is 14.7. The quantitative estimate of drug-likeness (QED) is 0.809. The minimum Gasteiger partial charge on any atom is -0.464 e. The zero-order chi connectivity index (χ0) is 18.5. The molecule has 0 bridgehead atoms. The van der Waals surface area contributed by atoms with E-state index in [0.717, 1.165) is 19.2 Å². The predicted octanol–water partition coefficient (Wildman–Crippen LogP) is 3.54. The van der Waals surface area contributed by atoms with E-state index in [1.165, 1.54) is 6.92 Å². The first-order valence-corrected chi connectivity index (χ1v) is 7.16. The molecule has 0 amide bonds. The van der Waals surface area contributed by atoms with Crippen LogP contribution in [0.15, 0.2) is 12.1 Å². The fourth-order valence-corrected chi connectivity index (χ4v) is 2.58. The smallest absolute Gasteiger partial charge is 0.464 e. The van der Waals surface area contributed by atoms with Crippen LogP contribution in [0, 0.1) is 12.7 Å². The van der Waals surface area contributed by atoms with Crippen LogP contribution in [0.5, 0.6) is 11.5 Å². The van der Waals surface area contributed by atoms with Crippen molar-refractivity contribution in [3.63, 3.8) is 0 Å². The third-order valence-corrected chi connectivity index (χ3v) is 3.95. The Morgan fingerprint density at radius 2 is 2.04 bits per heavy atom. The van der Waals surface area contributed by atoms with Gasteiger partial charge in [-0.15, -0.1) is 8.78 Å². The molecule has 0 spiro atoms. The fourth-order valence-electron chi connectivity index (χ4n) is 2.32. The van der Waals surface area contributed by atoms with Crippen molar-refractivity contribution in [2.24, 2.45) is 0 Å². The number of aromatic nitrogens is 1. The van der Waals surface area contributed by atoms with Crippen LogP contribution in [0.4, 0.5) is 18.9 Å². The second kappa shape index (κ2) is 5.69. The molecule has 6 nitrogen and oxygen atoms in total. The Morgan fingerprint density at radius 3 is 2.68 bits per heavy atom. The number of hydrogen-bond acceptors (Lipinski definition) is 6. The summed E-state index contributed by atoms with van der Waals surface area (Å²) in [7, 11) is 1.11. The number of halogens is 4. The molecule has 1 aromatic heterocycles. The van der Waals surface area contributed by atoms with Crippen LogP contribution in [0.3, 0.4) is 0 Å². The predicted molar refractivity (Wildman–Crippen MR) is 81.3 cm³/mol. The first kappa shape index (κ1) is 17.2. The van der Waals surface area contributed by atoms with Crippen molar-refractivity contribution >= 4 is 23.3 Å². The molecule has 1 aliphatic heterocycles. The van der Waals surface area contributed by atoms with Gasteiger partial charge in [0.05, 0.1) is 23.5 Å². The van der Waals surface area contributed by atoms with Crippen LogP contribution in [-0.4, -0.2) is 24.4 Å². The van der Waals surface area contributed by atoms with E-state index < -0.39 is 29.6 Å². The van der Waals surface area contributed by atoms with Crippen LogP contribution in [0.25, 0.3) is 11.3 Å². The number of methoxy groups -OCH3 is 1. The Morgan fingerprint density at radius 1 is 1.36 bits per heavy atom. The number of pyridine rings is 1. The van der Waals surface area contributed by atoms with Gasteiger partial charge >= 0.3 is 12.3 Å². The van der Waals surface area contributed by atoms with Gasteiger partial charge in [0.2, 0.25) is 5.75 Å². The highest BCUT2D eigenvalue weighted by Gasteiger charge is 2.45. The summed E-state index contributed by atoms with van der Waals surface area (Å²) in [6, 6.07) is 2.25. The van der Waals surface area contributed by atoms with E-state index in [0.29, 0.717) is 0 Å². The maximum Gasteiger partial charge on any atom is 0.586 e.